The van der Waals surface area contributed by atoms with E-state index in [0.717, 1.165) is 23.4 Å². The van der Waals surface area contributed by atoms with Crippen LogP contribution in [0.4, 0.5) is 0 Å². The Bertz CT molecular complexity index is 1020. The summed E-state index contributed by atoms with van der Waals surface area (Å²) in [6.07, 6.45) is 0. The van der Waals surface area contributed by atoms with E-state index in [1.807, 2.05) is 0 Å². The Balaban J connectivity index is 1.78. The third kappa shape index (κ3) is 3.09. The highest BCUT2D eigenvalue weighted by molar-refractivity contribution is 9.10. The van der Waals surface area contributed by atoms with Gasteiger partial charge in [0.25, 0.3) is 0 Å². The minimum Gasteiger partial charge on any atom is -0.276 e. The van der Waals surface area contributed by atoms with Gasteiger partial charge in [-0.1, -0.05) is 91.0 Å². The van der Waals surface area contributed by atoms with Gasteiger partial charge in [0.2, 0.25) is 0 Å². The molecule has 0 saturated heterocycles. The van der Waals surface area contributed by atoms with Crippen LogP contribution in [0.15, 0.2) is 102 Å². The molecule has 0 aliphatic carbocycles. The molecule has 0 radical (unpaired) electrons. The molecular formula is C25H20BrN3. The van der Waals surface area contributed by atoms with Crippen LogP contribution in [-0.4, -0.2) is 15.1 Å². The van der Waals surface area contributed by atoms with Crippen LogP contribution >= 0.6 is 15.9 Å². The molecule has 0 bridgehead atoms. The predicted molar refractivity (Wildman–Crippen MR) is 118 cm³/mol. The summed E-state index contributed by atoms with van der Waals surface area (Å²) < 4.78 is 0.780. The van der Waals surface area contributed by atoms with Crippen molar-refractivity contribution in [1.82, 2.24) is 15.1 Å². The number of hydrogen-bond donors (Lipinski definition) is 0. The van der Waals surface area contributed by atoms with Crippen LogP contribution in [-0.2, 0) is 18.6 Å². The molecule has 0 saturated carbocycles. The van der Waals surface area contributed by atoms with E-state index in [-0.39, 0.29) is 0 Å². The zero-order chi connectivity index (χ0) is 19.7. The molecule has 29 heavy (non-hydrogen) atoms. The van der Waals surface area contributed by atoms with Gasteiger partial charge in [0, 0.05) is 13.1 Å². The fourth-order valence-electron chi connectivity index (χ4n) is 4.46. The summed E-state index contributed by atoms with van der Waals surface area (Å²) in [5, 5.41) is 8.69. The van der Waals surface area contributed by atoms with Crippen molar-refractivity contribution in [2.75, 3.05) is 0 Å². The minimum atomic E-state index is -0.420. The Morgan fingerprint density at radius 3 is 1.62 bits per heavy atom. The molecule has 4 heteroatoms. The van der Waals surface area contributed by atoms with Crippen molar-refractivity contribution >= 4 is 15.9 Å². The third-order valence-corrected chi connectivity index (χ3v) is 6.07. The summed E-state index contributed by atoms with van der Waals surface area (Å²) in [5.74, 6) is 0. The van der Waals surface area contributed by atoms with Crippen LogP contribution in [0.2, 0.25) is 0 Å². The van der Waals surface area contributed by atoms with E-state index in [0.29, 0.717) is 0 Å². The molecule has 0 fully saturated rings. The van der Waals surface area contributed by atoms with Crippen molar-refractivity contribution in [3.05, 3.63) is 130 Å². The van der Waals surface area contributed by atoms with Crippen LogP contribution < -0.4 is 0 Å². The number of benzene rings is 3. The van der Waals surface area contributed by atoms with Crippen LogP contribution in [0.5, 0.6) is 0 Å². The molecular weight excluding hydrogens is 422 g/mol. The first-order valence-electron chi connectivity index (χ1n) is 9.71. The second-order valence-electron chi connectivity index (χ2n) is 7.30. The van der Waals surface area contributed by atoms with E-state index < -0.39 is 5.54 Å². The van der Waals surface area contributed by atoms with Gasteiger partial charge in [0.05, 0.1) is 11.2 Å². The third-order valence-electron chi connectivity index (χ3n) is 5.68. The highest BCUT2D eigenvalue weighted by atomic mass is 79.9. The molecule has 0 amide bonds. The zero-order valence-electron chi connectivity index (χ0n) is 15.9. The summed E-state index contributed by atoms with van der Waals surface area (Å²) in [6.45, 7) is 1.55. The van der Waals surface area contributed by atoms with E-state index in [1.54, 1.807) is 0 Å². The molecule has 0 N–H and O–H groups in total. The van der Waals surface area contributed by atoms with Gasteiger partial charge in [0.1, 0.15) is 4.60 Å². The lowest BCUT2D eigenvalue weighted by atomic mass is 9.75. The van der Waals surface area contributed by atoms with Crippen LogP contribution in [0.3, 0.4) is 0 Å². The van der Waals surface area contributed by atoms with Crippen molar-refractivity contribution in [3.8, 4) is 0 Å². The van der Waals surface area contributed by atoms with Crippen molar-refractivity contribution in [1.29, 1.82) is 0 Å². The standard InChI is InChI=1S/C25H20BrN3/c26-24-16-19-17-29(18-23(19)27-28-24)25(20-10-4-1-5-11-20,21-12-6-2-7-13-21)22-14-8-3-9-15-22/h1-16H,17-18H2. The zero-order valence-corrected chi connectivity index (χ0v) is 17.5. The first kappa shape index (κ1) is 18.2. The van der Waals surface area contributed by atoms with Crippen LogP contribution in [0.25, 0.3) is 0 Å². The van der Waals surface area contributed by atoms with Gasteiger partial charge in [0.15, 0.2) is 0 Å². The van der Waals surface area contributed by atoms with Gasteiger partial charge < -0.3 is 0 Å². The number of aromatic nitrogens is 2. The smallest absolute Gasteiger partial charge is 0.129 e. The fourth-order valence-corrected chi connectivity index (χ4v) is 4.82. The number of halogens is 1. The molecule has 1 aromatic heterocycles. The summed E-state index contributed by atoms with van der Waals surface area (Å²) in [4.78, 5) is 2.51. The normalized spacial score (nSPS) is 14.0. The highest BCUT2D eigenvalue weighted by Gasteiger charge is 2.44. The largest absolute Gasteiger partial charge is 0.276 e. The molecule has 0 atom stereocenters. The van der Waals surface area contributed by atoms with Gasteiger partial charge in [-0.15, -0.1) is 5.10 Å². The van der Waals surface area contributed by atoms with Gasteiger partial charge in [-0.25, -0.2) is 0 Å². The lowest BCUT2D eigenvalue weighted by molar-refractivity contribution is 0.156. The maximum absolute atomic E-state index is 4.47. The molecule has 0 unspecified atom stereocenters. The maximum Gasteiger partial charge on any atom is 0.129 e. The van der Waals surface area contributed by atoms with Crippen LogP contribution in [0, 0.1) is 0 Å². The summed E-state index contributed by atoms with van der Waals surface area (Å²) in [6, 6.07) is 34.4. The summed E-state index contributed by atoms with van der Waals surface area (Å²) >= 11 is 3.48. The Morgan fingerprint density at radius 1 is 0.655 bits per heavy atom. The van der Waals surface area contributed by atoms with E-state index in [1.165, 1.54) is 22.3 Å². The molecule has 1 aliphatic rings. The van der Waals surface area contributed by atoms with E-state index in [4.69, 9.17) is 0 Å². The number of fused-ring (bicyclic) bond motifs is 1. The Kier molecular flexibility index (Phi) is 4.74. The lowest BCUT2D eigenvalue weighted by Crippen LogP contribution is -2.45. The van der Waals surface area contributed by atoms with Crippen LogP contribution in [0.1, 0.15) is 27.9 Å². The number of hydrogen-bond acceptors (Lipinski definition) is 3. The summed E-state index contributed by atoms with van der Waals surface area (Å²) in [5.41, 5.74) is 5.59. The average molecular weight is 442 g/mol. The molecule has 5 rings (SSSR count). The molecule has 4 aromatic rings. The Hall–Kier alpha value is -2.82. The van der Waals surface area contributed by atoms with Gasteiger partial charge >= 0.3 is 0 Å². The first-order chi connectivity index (χ1) is 14.3. The van der Waals surface area contributed by atoms with Gasteiger partial charge in [-0.2, -0.15) is 5.10 Å². The second-order valence-corrected chi connectivity index (χ2v) is 8.12. The van der Waals surface area contributed by atoms with Gasteiger partial charge in [-0.3, -0.25) is 4.90 Å². The fraction of sp³-hybridized carbons (Fsp3) is 0.120. The van der Waals surface area contributed by atoms with Crippen molar-refractivity contribution in [3.63, 3.8) is 0 Å². The average Bonchev–Trinajstić information content (AvgIpc) is 3.20. The number of nitrogens with zero attached hydrogens (tertiary/aromatic N) is 3. The van der Waals surface area contributed by atoms with Crippen molar-refractivity contribution in [2.45, 2.75) is 18.6 Å². The SMILES string of the molecule is Brc1cc2c(nn1)CN(C(c1ccccc1)(c1ccccc1)c1ccccc1)C2. The Labute approximate surface area is 179 Å². The first-order valence-corrected chi connectivity index (χ1v) is 10.5. The molecule has 3 nitrogen and oxygen atoms in total. The molecule has 1 aliphatic heterocycles. The lowest BCUT2D eigenvalue weighted by Gasteiger charge is -2.43. The second kappa shape index (κ2) is 7.54. The quantitative estimate of drug-likeness (QED) is 0.389. The maximum atomic E-state index is 4.47. The highest BCUT2D eigenvalue weighted by Crippen LogP contribution is 2.45. The molecule has 142 valence electrons. The summed E-state index contributed by atoms with van der Waals surface area (Å²) in [7, 11) is 0. The Morgan fingerprint density at radius 2 is 1.14 bits per heavy atom. The van der Waals surface area contributed by atoms with E-state index >= 15 is 0 Å². The molecule has 2 heterocycles. The minimum absolute atomic E-state index is 0.420. The predicted octanol–water partition coefficient (Wildman–Crippen LogP) is 5.55. The topological polar surface area (TPSA) is 29.0 Å². The molecule has 0 spiro atoms. The van der Waals surface area contributed by atoms with E-state index in [9.17, 15) is 0 Å². The number of rotatable bonds is 4. The van der Waals surface area contributed by atoms with Crippen molar-refractivity contribution < 1.29 is 0 Å². The van der Waals surface area contributed by atoms with E-state index in [2.05, 4.69) is 128 Å². The monoisotopic (exact) mass is 441 g/mol. The van der Waals surface area contributed by atoms with Crippen molar-refractivity contribution in [2.24, 2.45) is 0 Å². The molecule has 3 aromatic carbocycles. The van der Waals surface area contributed by atoms with Gasteiger partial charge in [-0.05, 0) is 44.3 Å².